The lowest BCUT2D eigenvalue weighted by Gasteiger charge is -2.07. The average Bonchev–Trinajstić information content (AvgIpc) is 2.26. The van der Waals surface area contributed by atoms with E-state index in [0.717, 1.165) is 0 Å². The second kappa shape index (κ2) is 6.37. The highest BCUT2D eigenvalue weighted by molar-refractivity contribution is 7.80. The Morgan fingerprint density at radius 2 is 2.31 bits per heavy atom. The molecule has 0 bridgehead atoms. The van der Waals surface area contributed by atoms with Gasteiger partial charge in [0, 0.05) is 12.7 Å². The first-order valence-corrected chi connectivity index (χ1v) is 5.25. The van der Waals surface area contributed by atoms with Crippen molar-refractivity contribution < 1.29 is 9.84 Å². The highest BCUT2D eigenvalue weighted by Gasteiger charge is 2.04. The van der Waals surface area contributed by atoms with E-state index in [4.69, 9.17) is 27.8 Å². The summed E-state index contributed by atoms with van der Waals surface area (Å²) in [7, 11) is 0. The molecule has 0 saturated heterocycles. The molecule has 0 unspecified atom stereocenters. The second-order valence-corrected chi connectivity index (χ2v) is 3.56. The van der Waals surface area contributed by atoms with Crippen LogP contribution < -0.4 is 11.3 Å². The van der Waals surface area contributed by atoms with Crippen LogP contribution in [0.3, 0.4) is 0 Å². The van der Waals surface area contributed by atoms with Gasteiger partial charge in [0.05, 0.1) is 25.4 Å². The molecule has 5 nitrogen and oxygen atoms in total. The van der Waals surface area contributed by atoms with Gasteiger partial charge in [-0.25, -0.2) is 0 Å². The maximum Gasteiger partial charge on any atom is 0.260 e. The molecule has 0 aliphatic carbocycles. The van der Waals surface area contributed by atoms with Crippen molar-refractivity contribution >= 4 is 17.2 Å². The summed E-state index contributed by atoms with van der Waals surface area (Å²) in [5.74, 6) is 0. The highest BCUT2D eigenvalue weighted by Crippen LogP contribution is 1.92. The first-order chi connectivity index (χ1) is 7.66. The van der Waals surface area contributed by atoms with Crippen molar-refractivity contribution in [3.05, 3.63) is 34.2 Å². The number of rotatable bonds is 6. The van der Waals surface area contributed by atoms with Crippen LogP contribution in [0.5, 0.6) is 0 Å². The van der Waals surface area contributed by atoms with Crippen molar-refractivity contribution in [1.82, 2.24) is 4.57 Å². The third kappa shape index (κ3) is 3.41. The van der Waals surface area contributed by atoms with Crippen LogP contribution in [0.15, 0.2) is 23.1 Å². The fourth-order valence-corrected chi connectivity index (χ4v) is 1.39. The number of aromatic nitrogens is 1. The number of nitrogens with zero attached hydrogens (tertiary/aromatic N) is 1. The summed E-state index contributed by atoms with van der Waals surface area (Å²) in [4.78, 5) is 11.9. The Morgan fingerprint density at radius 3 is 2.94 bits per heavy atom. The molecule has 3 N–H and O–H groups in total. The Balaban J connectivity index is 2.70. The molecular formula is C10H14N2O3S. The molecule has 0 spiro atoms. The summed E-state index contributed by atoms with van der Waals surface area (Å²) in [5.41, 5.74) is 5.53. The zero-order chi connectivity index (χ0) is 12.0. The quantitative estimate of drug-likeness (QED) is 0.519. The first-order valence-electron chi connectivity index (χ1n) is 4.84. The molecule has 1 rings (SSSR count). The van der Waals surface area contributed by atoms with E-state index in [1.165, 1.54) is 4.57 Å². The van der Waals surface area contributed by atoms with Gasteiger partial charge in [-0.3, -0.25) is 4.79 Å². The topological polar surface area (TPSA) is 77.5 Å². The highest BCUT2D eigenvalue weighted by atomic mass is 32.1. The molecule has 1 aromatic heterocycles. The third-order valence-electron chi connectivity index (χ3n) is 2.00. The predicted octanol–water partition coefficient (Wildman–Crippen LogP) is -0.509. The van der Waals surface area contributed by atoms with Gasteiger partial charge in [0.1, 0.15) is 4.99 Å². The summed E-state index contributed by atoms with van der Waals surface area (Å²) in [6, 6.07) is 3.30. The molecule has 0 aromatic carbocycles. The Morgan fingerprint density at radius 1 is 1.56 bits per heavy atom. The van der Waals surface area contributed by atoms with Crippen LogP contribution in [-0.4, -0.2) is 34.5 Å². The first kappa shape index (κ1) is 12.8. The van der Waals surface area contributed by atoms with E-state index in [1.807, 2.05) is 0 Å². The van der Waals surface area contributed by atoms with Gasteiger partial charge in [-0.2, -0.15) is 0 Å². The second-order valence-electron chi connectivity index (χ2n) is 3.12. The summed E-state index contributed by atoms with van der Waals surface area (Å²) in [6.45, 7) is 1.02. The summed E-state index contributed by atoms with van der Waals surface area (Å²) in [6.07, 6.45) is 1.65. The normalized spacial score (nSPS) is 10.3. The number of aliphatic hydroxyl groups is 1. The Kier molecular flexibility index (Phi) is 5.10. The van der Waals surface area contributed by atoms with E-state index in [0.29, 0.717) is 18.7 Å². The van der Waals surface area contributed by atoms with Gasteiger partial charge in [0.2, 0.25) is 0 Å². The van der Waals surface area contributed by atoms with Gasteiger partial charge < -0.3 is 20.1 Å². The Hall–Kier alpha value is -1.24. The molecule has 6 heteroatoms. The summed E-state index contributed by atoms with van der Waals surface area (Å²) in [5, 5.41) is 8.51. The lowest BCUT2D eigenvalue weighted by Crippen LogP contribution is -2.29. The molecule has 16 heavy (non-hydrogen) atoms. The molecular weight excluding hydrogens is 228 g/mol. The summed E-state index contributed by atoms with van der Waals surface area (Å²) < 4.78 is 6.55. The van der Waals surface area contributed by atoms with Crippen molar-refractivity contribution in [2.75, 3.05) is 19.8 Å². The molecule has 0 fully saturated rings. The number of pyridine rings is 1. The zero-order valence-corrected chi connectivity index (χ0v) is 9.57. The minimum Gasteiger partial charge on any atom is -0.394 e. The number of aliphatic hydroxyl groups excluding tert-OH is 1. The molecule has 0 atom stereocenters. The van der Waals surface area contributed by atoms with Crippen LogP contribution in [0.2, 0.25) is 0 Å². The smallest absolute Gasteiger partial charge is 0.260 e. The van der Waals surface area contributed by atoms with Crippen LogP contribution in [0.4, 0.5) is 0 Å². The van der Waals surface area contributed by atoms with Gasteiger partial charge in [0.25, 0.3) is 5.56 Å². The van der Waals surface area contributed by atoms with E-state index in [9.17, 15) is 4.79 Å². The van der Waals surface area contributed by atoms with E-state index in [1.54, 1.807) is 18.3 Å². The molecule has 0 saturated carbocycles. The maximum atomic E-state index is 11.8. The van der Waals surface area contributed by atoms with E-state index in [2.05, 4.69) is 0 Å². The number of nitrogens with two attached hydrogens (primary N) is 1. The summed E-state index contributed by atoms with van der Waals surface area (Å²) >= 11 is 4.76. The van der Waals surface area contributed by atoms with Crippen LogP contribution in [0, 0.1) is 0 Å². The molecule has 0 aliphatic rings. The zero-order valence-electron chi connectivity index (χ0n) is 8.76. The van der Waals surface area contributed by atoms with Gasteiger partial charge >= 0.3 is 0 Å². The Labute approximate surface area is 98.5 Å². The van der Waals surface area contributed by atoms with Crippen molar-refractivity contribution in [2.24, 2.45) is 5.73 Å². The van der Waals surface area contributed by atoms with Gasteiger partial charge in [-0.1, -0.05) is 12.2 Å². The van der Waals surface area contributed by atoms with Crippen LogP contribution >= 0.6 is 12.2 Å². The van der Waals surface area contributed by atoms with Gasteiger partial charge in [0.15, 0.2) is 0 Å². The molecule has 1 aromatic rings. The van der Waals surface area contributed by atoms with Gasteiger partial charge in [-0.05, 0) is 12.1 Å². The van der Waals surface area contributed by atoms with Crippen LogP contribution in [0.1, 0.15) is 5.56 Å². The maximum absolute atomic E-state index is 11.8. The fourth-order valence-electron chi connectivity index (χ4n) is 1.23. The molecule has 0 radical (unpaired) electrons. The minimum atomic E-state index is -0.220. The van der Waals surface area contributed by atoms with Gasteiger partial charge in [-0.15, -0.1) is 0 Å². The average molecular weight is 242 g/mol. The minimum absolute atomic E-state index is 0.0260. The molecule has 88 valence electrons. The van der Waals surface area contributed by atoms with Crippen molar-refractivity contribution in [1.29, 1.82) is 0 Å². The number of hydrogen-bond donors (Lipinski definition) is 2. The number of thiocarbonyl (C=S) groups is 1. The predicted molar refractivity (Wildman–Crippen MR) is 64.5 cm³/mol. The standard InChI is InChI=1S/C10H14N2O3S/c11-9(16)8-2-1-3-12(10(8)14)4-6-15-7-5-13/h1-3,13H,4-7H2,(H2,11,16). The monoisotopic (exact) mass is 242 g/mol. The third-order valence-corrected chi connectivity index (χ3v) is 2.22. The number of hydrogen-bond acceptors (Lipinski definition) is 4. The molecule has 1 heterocycles. The molecule has 0 aliphatic heterocycles. The Bertz CT molecular complexity index is 417. The van der Waals surface area contributed by atoms with Crippen LogP contribution in [-0.2, 0) is 11.3 Å². The fraction of sp³-hybridized carbons (Fsp3) is 0.400. The SMILES string of the molecule is NC(=S)c1cccn(CCOCCO)c1=O. The number of ether oxygens (including phenoxy) is 1. The van der Waals surface area contributed by atoms with E-state index in [-0.39, 0.29) is 23.8 Å². The van der Waals surface area contributed by atoms with E-state index >= 15 is 0 Å². The van der Waals surface area contributed by atoms with E-state index < -0.39 is 0 Å². The van der Waals surface area contributed by atoms with Crippen molar-refractivity contribution in [3.63, 3.8) is 0 Å². The lowest BCUT2D eigenvalue weighted by atomic mass is 10.3. The lowest BCUT2D eigenvalue weighted by molar-refractivity contribution is 0.0865. The largest absolute Gasteiger partial charge is 0.394 e. The molecule has 0 amide bonds. The van der Waals surface area contributed by atoms with Crippen molar-refractivity contribution in [3.8, 4) is 0 Å². The van der Waals surface area contributed by atoms with Crippen molar-refractivity contribution in [2.45, 2.75) is 6.54 Å². The van der Waals surface area contributed by atoms with Crippen LogP contribution in [0.25, 0.3) is 0 Å².